The summed E-state index contributed by atoms with van der Waals surface area (Å²) >= 11 is 5.83. The van der Waals surface area contributed by atoms with Gasteiger partial charge in [0, 0.05) is 24.5 Å². The first kappa shape index (κ1) is 15.6. The van der Waals surface area contributed by atoms with Gasteiger partial charge in [0.05, 0.1) is 18.7 Å². The number of nitrogens with zero attached hydrogens (tertiary/aromatic N) is 1. The third kappa shape index (κ3) is 3.93. The zero-order chi connectivity index (χ0) is 16.2. The number of amides is 2. The van der Waals surface area contributed by atoms with Crippen molar-refractivity contribution in [2.24, 2.45) is 5.92 Å². The van der Waals surface area contributed by atoms with E-state index in [0.717, 1.165) is 11.3 Å². The van der Waals surface area contributed by atoms with Gasteiger partial charge in [-0.3, -0.25) is 9.59 Å². The molecule has 23 heavy (non-hydrogen) atoms. The molecule has 1 atom stereocenters. The molecule has 120 valence electrons. The van der Waals surface area contributed by atoms with E-state index in [-0.39, 0.29) is 24.2 Å². The van der Waals surface area contributed by atoms with E-state index < -0.39 is 0 Å². The van der Waals surface area contributed by atoms with Gasteiger partial charge < -0.3 is 14.6 Å². The van der Waals surface area contributed by atoms with Gasteiger partial charge in [0.1, 0.15) is 5.76 Å². The van der Waals surface area contributed by atoms with E-state index in [2.05, 4.69) is 5.32 Å². The molecular weight excluding hydrogens is 316 g/mol. The van der Waals surface area contributed by atoms with Crippen LogP contribution in [0.25, 0.3) is 0 Å². The van der Waals surface area contributed by atoms with Gasteiger partial charge in [-0.15, -0.1) is 0 Å². The summed E-state index contributed by atoms with van der Waals surface area (Å²) in [5.74, 6) is 0.286. The lowest BCUT2D eigenvalue weighted by atomic mass is 10.1. The number of hydrogen-bond donors (Lipinski definition) is 1. The second-order valence-corrected chi connectivity index (χ2v) is 6.04. The van der Waals surface area contributed by atoms with Crippen molar-refractivity contribution in [3.63, 3.8) is 0 Å². The summed E-state index contributed by atoms with van der Waals surface area (Å²) in [7, 11) is 0. The Morgan fingerprint density at radius 3 is 2.78 bits per heavy atom. The number of hydrogen-bond acceptors (Lipinski definition) is 3. The van der Waals surface area contributed by atoms with Gasteiger partial charge in [-0.25, -0.2) is 0 Å². The van der Waals surface area contributed by atoms with Gasteiger partial charge >= 0.3 is 0 Å². The lowest BCUT2D eigenvalue weighted by Gasteiger charge is -2.15. The summed E-state index contributed by atoms with van der Waals surface area (Å²) in [5, 5.41) is 3.54. The summed E-state index contributed by atoms with van der Waals surface area (Å²) in [4.78, 5) is 25.9. The van der Waals surface area contributed by atoms with Gasteiger partial charge in [0.25, 0.3) is 0 Å². The Morgan fingerprint density at radius 1 is 1.30 bits per heavy atom. The number of rotatable bonds is 5. The van der Waals surface area contributed by atoms with Crippen LogP contribution >= 0.6 is 11.6 Å². The molecule has 3 rings (SSSR count). The molecule has 1 aromatic carbocycles. The second-order valence-electron chi connectivity index (χ2n) is 5.60. The maximum atomic E-state index is 12.2. The molecule has 2 heterocycles. The van der Waals surface area contributed by atoms with Gasteiger partial charge in [-0.05, 0) is 29.8 Å². The molecule has 1 fully saturated rings. The number of nitrogens with one attached hydrogen (secondary N) is 1. The van der Waals surface area contributed by atoms with Crippen LogP contribution in [0.5, 0.6) is 0 Å². The highest BCUT2D eigenvalue weighted by molar-refractivity contribution is 6.30. The average Bonchev–Trinajstić information content (AvgIpc) is 3.17. The van der Waals surface area contributed by atoms with Crippen molar-refractivity contribution in [1.82, 2.24) is 10.2 Å². The maximum absolute atomic E-state index is 12.2. The highest BCUT2D eigenvalue weighted by Crippen LogP contribution is 2.20. The number of benzene rings is 1. The van der Waals surface area contributed by atoms with Crippen LogP contribution in [-0.4, -0.2) is 23.3 Å². The van der Waals surface area contributed by atoms with Gasteiger partial charge in [0.15, 0.2) is 0 Å². The van der Waals surface area contributed by atoms with Crippen molar-refractivity contribution < 1.29 is 14.0 Å². The van der Waals surface area contributed by atoms with E-state index in [4.69, 9.17) is 16.0 Å². The molecule has 6 heteroatoms. The Bertz CT molecular complexity index is 682. The molecule has 1 aliphatic heterocycles. The fourth-order valence-corrected chi connectivity index (χ4v) is 2.75. The molecule has 2 amide bonds. The fraction of sp³-hybridized carbons (Fsp3) is 0.294. The zero-order valence-electron chi connectivity index (χ0n) is 12.5. The Hall–Kier alpha value is -2.27. The van der Waals surface area contributed by atoms with E-state index in [1.165, 1.54) is 0 Å². The topological polar surface area (TPSA) is 62.6 Å². The Balaban J connectivity index is 1.52. The number of likely N-dealkylation sites (tertiary alicyclic amines) is 1. The molecule has 1 saturated heterocycles. The minimum Gasteiger partial charge on any atom is -0.467 e. The number of furan rings is 1. The number of halogens is 1. The third-order valence-electron chi connectivity index (χ3n) is 3.89. The van der Waals surface area contributed by atoms with Gasteiger partial charge in [-0.2, -0.15) is 0 Å². The monoisotopic (exact) mass is 332 g/mol. The zero-order valence-corrected chi connectivity index (χ0v) is 13.3. The van der Waals surface area contributed by atoms with E-state index >= 15 is 0 Å². The Labute approximate surface area is 139 Å². The predicted octanol–water partition coefficient (Wildman–Crippen LogP) is 2.60. The quantitative estimate of drug-likeness (QED) is 0.915. The summed E-state index contributed by atoms with van der Waals surface area (Å²) < 4.78 is 5.25. The fourth-order valence-electron chi connectivity index (χ4n) is 2.63. The molecule has 5 nitrogen and oxygen atoms in total. The summed E-state index contributed by atoms with van der Waals surface area (Å²) in [6.07, 6.45) is 1.82. The molecule has 1 N–H and O–H groups in total. The first-order chi connectivity index (χ1) is 11.1. The molecule has 2 aromatic rings. The van der Waals surface area contributed by atoms with E-state index in [1.54, 1.807) is 29.4 Å². The molecule has 0 bridgehead atoms. The summed E-state index contributed by atoms with van der Waals surface area (Å²) in [6.45, 7) is 1.26. The van der Waals surface area contributed by atoms with Crippen LogP contribution in [0, 0.1) is 5.92 Å². The van der Waals surface area contributed by atoms with Crippen molar-refractivity contribution in [2.75, 3.05) is 6.54 Å². The molecule has 0 saturated carbocycles. The molecule has 0 radical (unpaired) electrons. The summed E-state index contributed by atoms with van der Waals surface area (Å²) in [5.41, 5.74) is 0.972. The first-order valence-electron chi connectivity index (χ1n) is 7.44. The standard InChI is InChI=1S/C17H17ClN2O3/c18-14-5-3-12(4-6-14)9-19-17(22)13-8-16(21)20(10-13)11-15-2-1-7-23-15/h1-7,13H,8-11H2,(H,19,22). The van der Waals surface area contributed by atoms with Crippen molar-refractivity contribution >= 4 is 23.4 Å². The molecule has 0 spiro atoms. The van der Waals surface area contributed by atoms with Crippen molar-refractivity contribution in [2.45, 2.75) is 19.5 Å². The van der Waals surface area contributed by atoms with E-state index in [9.17, 15) is 9.59 Å². The molecular formula is C17H17ClN2O3. The van der Waals surface area contributed by atoms with Gasteiger partial charge in [0.2, 0.25) is 11.8 Å². The van der Waals surface area contributed by atoms with Crippen LogP contribution in [0.1, 0.15) is 17.7 Å². The average molecular weight is 333 g/mol. The number of carbonyl (C=O) groups excluding carboxylic acids is 2. The SMILES string of the molecule is O=C(NCc1ccc(Cl)cc1)C1CC(=O)N(Cc2ccco2)C1. The summed E-state index contributed by atoms with van der Waals surface area (Å²) in [6, 6.07) is 10.9. The molecule has 1 aliphatic rings. The lowest BCUT2D eigenvalue weighted by molar-refractivity contribution is -0.129. The van der Waals surface area contributed by atoms with Gasteiger partial charge in [-0.1, -0.05) is 23.7 Å². The highest BCUT2D eigenvalue weighted by Gasteiger charge is 2.34. The van der Waals surface area contributed by atoms with Crippen LogP contribution in [-0.2, 0) is 22.7 Å². The largest absolute Gasteiger partial charge is 0.467 e. The Kier molecular flexibility index (Phi) is 4.67. The molecule has 0 aliphatic carbocycles. The lowest BCUT2D eigenvalue weighted by Crippen LogP contribution is -2.32. The molecule has 1 aromatic heterocycles. The van der Waals surface area contributed by atoms with Crippen LogP contribution in [0.2, 0.25) is 5.02 Å². The third-order valence-corrected chi connectivity index (χ3v) is 4.14. The maximum Gasteiger partial charge on any atom is 0.225 e. The predicted molar refractivity (Wildman–Crippen MR) is 85.5 cm³/mol. The smallest absolute Gasteiger partial charge is 0.225 e. The van der Waals surface area contributed by atoms with Crippen molar-refractivity contribution in [3.8, 4) is 0 Å². The minimum atomic E-state index is -0.315. The minimum absolute atomic E-state index is 0.0203. The van der Waals surface area contributed by atoms with Crippen LogP contribution in [0.4, 0.5) is 0 Å². The second kappa shape index (κ2) is 6.87. The Morgan fingerprint density at radius 2 is 2.09 bits per heavy atom. The van der Waals surface area contributed by atoms with Crippen LogP contribution in [0.3, 0.4) is 0 Å². The normalized spacial score (nSPS) is 17.5. The number of carbonyl (C=O) groups is 2. The highest BCUT2D eigenvalue weighted by atomic mass is 35.5. The van der Waals surface area contributed by atoms with Crippen molar-refractivity contribution in [1.29, 1.82) is 0 Å². The van der Waals surface area contributed by atoms with Crippen LogP contribution < -0.4 is 5.32 Å². The van der Waals surface area contributed by atoms with E-state index in [0.29, 0.717) is 24.7 Å². The van der Waals surface area contributed by atoms with Crippen LogP contribution in [0.15, 0.2) is 47.1 Å². The van der Waals surface area contributed by atoms with Crippen molar-refractivity contribution in [3.05, 3.63) is 59.0 Å². The first-order valence-corrected chi connectivity index (χ1v) is 7.82. The van der Waals surface area contributed by atoms with E-state index in [1.807, 2.05) is 18.2 Å². The molecule has 1 unspecified atom stereocenters.